The van der Waals surface area contributed by atoms with Crippen molar-refractivity contribution in [1.82, 2.24) is 4.31 Å². The maximum absolute atomic E-state index is 14.1. The molecule has 8 nitrogen and oxygen atoms in total. The van der Waals surface area contributed by atoms with Gasteiger partial charge in [0.25, 0.3) is 5.69 Å². The topological polar surface area (TPSA) is 107 Å². The van der Waals surface area contributed by atoms with E-state index >= 15 is 0 Å². The zero-order chi connectivity index (χ0) is 28.9. The van der Waals surface area contributed by atoms with Crippen molar-refractivity contribution in [2.24, 2.45) is 5.92 Å². The second-order valence-corrected chi connectivity index (χ2v) is 12.3. The Morgan fingerprint density at radius 2 is 1.57 bits per heavy atom. The van der Waals surface area contributed by atoms with Crippen LogP contribution in [0.2, 0.25) is 0 Å². The molecule has 3 atom stereocenters. The number of carbonyl (C=O) groups excluding carboxylic acids is 1. The van der Waals surface area contributed by atoms with Gasteiger partial charge in [-0.3, -0.25) is 10.1 Å². The number of nitro groups is 1. The fourth-order valence-corrected chi connectivity index (χ4v) is 7.36. The normalized spacial score (nSPS) is 19.4. The van der Waals surface area contributed by atoms with Gasteiger partial charge in [0.2, 0.25) is 10.0 Å². The smallest absolute Gasteiger partial charge is 0.337 e. The number of esters is 1. The van der Waals surface area contributed by atoms with E-state index in [0.717, 1.165) is 48.8 Å². The van der Waals surface area contributed by atoms with Crippen LogP contribution >= 0.6 is 0 Å². The van der Waals surface area contributed by atoms with E-state index in [1.54, 1.807) is 52.8 Å². The summed E-state index contributed by atoms with van der Waals surface area (Å²) in [7, 11) is -2.55. The molecule has 1 aliphatic heterocycles. The number of nitrogens with zero attached hydrogens (tertiary/aromatic N) is 2. The lowest BCUT2D eigenvalue weighted by molar-refractivity contribution is -0.384. The van der Waals surface area contributed by atoms with E-state index in [1.165, 1.54) is 19.2 Å². The van der Waals surface area contributed by atoms with Crippen molar-refractivity contribution in [3.63, 3.8) is 0 Å². The molecule has 0 amide bonds. The molecule has 212 valence electrons. The first-order chi connectivity index (χ1) is 19.2. The zero-order valence-corrected chi connectivity index (χ0v) is 24.0. The number of nitro benzene ring substituents is 1. The van der Waals surface area contributed by atoms with Crippen LogP contribution in [0, 0.1) is 23.0 Å². The first-order valence-corrected chi connectivity index (χ1v) is 15.1. The molecule has 0 N–H and O–H groups in total. The second-order valence-electron chi connectivity index (χ2n) is 10.4. The molecule has 1 aliphatic rings. The number of ether oxygens (including phenoxy) is 1. The Kier molecular flexibility index (Phi) is 9.37. The molecule has 1 heterocycles. The Hall–Kier alpha value is -3.56. The Morgan fingerprint density at radius 3 is 2.15 bits per heavy atom. The molecule has 0 saturated carbocycles. The van der Waals surface area contributed by atoms with E-state index in [2.05, 4.69) is 6.92 Å². The van der Waals surface area contributed by atoms with Crippen molar-refractivity contribution in [3.05, 3.63) is 105 Å². The van der Waals surface area contributed by atoms with Gasteiger partial charge in [-0.15, -0.1) is 0 Å². The van der Waals surface area contributed by atoms with Crippen LogP contribution in [0.1, 0.15) is 78.0 Å². The summed E-state index contributed by atoms with van der Waals surface area (Å²) in [6, 6.07) is 19.8. The number of non-ortho nitro benzene ring substituents is 1. The lowest BCUT2D eigenvalue weighted by Crippen LogP contribution is -2.32. The highest BCUT2D eigenvalue weighted by molar-refractivity contribution is 7.89. The molecule has 9 heteroatoms. The van der Waals surface area contributed by atoms with E-state index in [9.17, 15) is 23.3 Å². The van der Waals surface area contributed by atoms with Gasteiger partial charge in [0.05, 0.1) is 28.5 Å². The quantitative estimate of drug-likeness (QED) is 0.110. The van der Waals surface area contributed by atoms with Gasteiger partial charge < -0.3 is 4.74 Å². The molecule has 1 saturated heterocycles. The van der Waals surface area contributed by atoms with Gasteiger partial charge in [0, 0.05) is 24.6 Å². The van der Waals surface area contributed by atoms with E-state index in [-0.39, 0.29) is 29.0 Å². The number of unbranched alkanes of at least 4 members (excludes halogenated alkanes) is 3. The highest BCUT2D eigenvalue weighted by atomic mass is 32.2. The highest BCUT2D eigenvalue weighted by Crippen LogP contribution is 2.50. The number of rotatable bonds is 11. The summed E-state index contributed by atoms with van der Waals surface area (Å²) in [6.45, 7) is 4.32. The van der Waals surface area contributed by atoms with Crippen LogP contribution in [0.15, 0.2) is 77.7 Å². The highest BCUT2D eigenvalue weighted by Gasteiger charge is 2.48. The summed E-state index contributed by atoms with van der Waals surface area (Å²) in [6.07, 6.45) is 4.96. The number of hydrogen-bond donors (Lipinski definition) is 0. The van der Waals surface area contributed by atoms with E-state index in [0.29, 0.717) is 5.56 Å². The summed E-state index contributed by atoms with van der Waals surface area (Å²) >= 11 is 0. The average molecular weight is 565 g/mol. The van der Waals surface area contributed by atoms with Crippen LogP contribution < -0.4 is 0 Å². The van der Waals surface area contributed by atoms with Crippen LogP contribution in [-0.2, 0) is 14.8 Å². The first-order valence-electron chi connectivity index (χ1n) is 13.7. The molecule has 3 aromatic carbocycles. The molecule has 0 spiro atoms. The molecular formula is C31H36N2O6S. The first kappa shape index (κ1) is 29.4. The summed E-state index contributed by atoms with van der Waals surface area (Å²) in [5, 5.41) is 11.3. The van der Waals surface area contributed by atoms with Crippen molar-refractivity contribution in [1.29, 1.82) is 0 Å². The van der Waals surface area contributed by atoms with Gasteiger partial charge in [-0.05, 0) is 54.7 Å². The maximum Gasteiger partial charge on any atom is 0.337 e. The third-order valence-electron chi connectivity index (χ3n) is 7.83. The molecule has 4 rings (SSSR count). The van der Waals surface area contributed by atoms with Crippen molar-refractivity contribution >= 4 is 21.7 Å². The SMILES string of the molecule is CCCCCC[C@@H]1[C@@H](c2ccc(C(=O)OC)cc2)CN(S(=O)(=O)c2ccc(C)cc2)[C@H]1c1ccc([N+](=O)[O-])cc1. The van der Waals surface area contributed by atoms with Crippen LogP contribution in [-0.4, -0.2) is 37.3 Å². The zero-order valence-electron chi connectivity index (χ0n) is 23.2. The number of sulfonamides is 1. The van der Waals surface area contributed by atoms with Crippen molar-refractivity contribution in [3.8, 4) is 0 Å². The molecule has 0 aromatic heterocycles. The largest absolute Gasteiger partial charge is 0.465 e. The van der Waals surface area contributed by atoms with Gasteiger partial charge in [-0.25, -0.2) is 13.2 Å². The third kappa shape index (κ3) is 6.26. The minimum Gasteiger partial charge on any atom is -0.465 e. The minimum atomic E-state index is -3.89. The predicted molar refractivity (Wildman–Crippen MR) is 154 cm³/mol. The molecule has 0 radical (unpaired) electrons. The van der Waals surface area contributed by atoms with Gasteiger partial charge in [0.15, 0.2) is 0 Å². The molecule has 3 aromatic rings. The average Bonchev–Trinajstić information content (AvgIpc) is 3.35. The Bertz CT molecular complexity index is 1420. The van der Waals surface area contributed by atoms with E-state index in [1.807, 2.05) is 19.1 Å². The molecule has 0 aliphatic carbocycles. The van der Waals surface area contributed by atoms with E-state index in [4.69, 9.17) is 4.74 Å². The Morgan fingerprint density at radius 1 is 0.950 bits per heavy atom. The van der Waals surface area contributed by atoms with Crippen molar-refractivity contribution < 1.29 is 22.9 Å². The number of benzene rings is 3. The van der Waals surface area contributed by atoms with Gasteiger partial charge >= 0.3 is 5.97 Å². The second kappa shape index (κ2) is 12.7. The van der Waals surface area contributed by atoms with Crippen LogP contribution in [0.4, 0.5) is 5.69 Å². The lowest BCUT2D eigenvalue weighted by Gasteiger charge is -2.29. The molecule has 1 fully saturated rings. The summed E-state index contributed by atoms with van der Waals surface area (Å²) in [5.74, 6) is -0.627. The molecule has 0 unspecified atom stereocenters. The fraction of sp³-hybridized carbons (Fsp3) is 0.387. The molecule has 0 bridgehead atoms. The minimum absolute atomic E-state index is 0.0378. The van der Waals surface area contributed by atoms with Crippen molar-refractivity contribution in [2.75, 3.05) is 13.7 Å². The number of hydrogen-bond acceptors (Lipinski definition) is 6. The monoisotopic (exact) mass is 564 g/mol. The fourth-order valence-electron chi connectivity index (χ4n) is 5.68. The number of methoxy groups -OCH3 is 1. The maximum atomic E-state index is 14.1. The summed E-state index contributed by atoms with van der Waals surface area (Å²) < 4.78 is 34.7. The Balaban J connectivity index is 1.81. The molecule has 40 heavy (non-hydrogen) atoms. The standard InChI is InChI=1S/C31H36N2O6S/c1-4-5-6-7-8-28-29(23-11-13-25(14-12-23)31(34)39-3)21-32(40(37,38)27-19-9-22(2)10-20-27)30(28)24-15-17-26(18-16-24)33(35)36/h9-20,28-30H,4-8,21H2,1-3H3/t28-,29-,30+/m1/s1. The van der Waals surface area contributed by atoms with Crippen LogP contribution in [0.25, 0.3) is 0 Å². The van der Waals surface area contributed by atoms with Crippen LogP contribution in [0.5, 0.6) is 0 Å². The van der Waals surface area contributed by atoms with Crippen LogP contribution in [0.3, 0.4) is 0 Å². The van der Waals surface area contributed by atoms with Crippen molar-refractivity contribution in [2.45, 2.75) is 62.8 Å². The van der Waals surface area contributed by atoms with Gasteiger partial charge in [0.1, 0.15) is 0 Å². The lowest BCUT2D eigenvalue weighted by atomic mass is 9.79. The predicted octanol–water partition coefficient (Wildman–Crippen LogP) is 6.81. The van der Waals surface area contributed by atoms with E-state index < -0.39 is 27.0 Å². The summed E-state index contributed by atoms with van der Waals surface area (Å²) in [4.78, 5) is 23.1. The van der Waals surface area contributed by atoms with Gasteiger partial charge in [-0.2, -0.15) is 4.31 Å². The Labute approximate surface area is 236 Å². The van der Waals surface area contributed by atoms with Gasteiger partial charge in [-0.1, -0.05) is 74.6 Å². The summed E-state index contributed by atoms with van der Waals surface area (Å²) in [5.41, 5.74) is 3.03. The number of aryl methyl sites for hydroxylation is 1. The number of carbonyl (C=O) groups is 1. The third-order valence-corrected chi connectivity index (χ3v) is 9.69. The molecular weight excluding hydrogens is 528 g/mol.